The van der Waals surface area contributed by atoms with Crippen molar-refractivity contribution in [3.05, 3.63) is 64.3 Å². The maximum Gasteiger partial charge on any atom is 0.223 e. The molecule has 20 heteroatoms. The number of amides is 2. The largest absolute Gasteiger partial charge is 0.489 e. The first-order valence-corrected chi connectivity index (χ1v) is 24.7. The van der Waals surface area contributed by atoms with Gasteiger partial charge in [0.15, 0.2) is 0 Å². The third-order valence-electron chi connectivity index (χ3n) is 11.0. The molecule has 16 nitrogen and oxygen atoms in total. The molecular weight excluding hydrogens is 849 g/mol. The minimum atomic E-state index is -3.06. The Labute approximate surface area is 360 Å². The molecule has 0 aliphatic heterocycles. The van der Waals surface area contributed by atoms with Gasteiger partial charge in [0, 0.05) is 69.0 Å². The van der Waals surface area contributed by atoms with Gasteiger partial charge in [0.25, 0.3) is 0 Å². The van der Waals surface area contributed by atoms with Crippen LogP contribution in [-0.4, -0.2) is 101 Å². The summed E-state index contributed by atoms with van der Waals surface area (Å²) in [5.41, 5.74) is 6.43. The smallest absolute Gasteiger partial charge is 0.223 e. The summed E-state index contributed by atoms with van der Waals surface area (Å²) < 4.78 is 68.7. The fraction of sp³-hybridized carbons (Fsp3) is 0.512. The normalized spacial score (nSPS) is 16.4. The molecule has 3 N–H and O–H groups in total. The second-order valence-electron chi connectivity index (χ2n) is 16.1. The second-order valence-corrected chi connectivity index (χ2v) is 21.0. The van der Waals surface area contributed by atoms with E-state index in [2.05, 4.69) is 35.9 Å². The van der Waals surface area contributed by atoms with Crippen LogP contribution >= 0.6 is 11.6 Å². The molecule has 2 aliphatic rings. The molecular formula is C41H53ClFN9O7S2. The molecule has 0 bridgehead atoms. The number of fused-ring (bicyclic) bond motifs is 6. The van der Waals surface area contributed by atoms with Crippen molar-refractivity contribution >= 4 is 76.7 Å². The van der Waals surface area contributed by atoms with Crippen LogP contribution in [0.2, 0.25) is 5.15 Å². The number of anilines is 2. The van der Waals surface area contributed by atoms with Crippen molar-refractivity contribution < 1.29 is 35.6 Å². The van der Waals surface area contributed by atoms with Crippen molar-refractivity contribution in [2.45, 2.75) is 71.3 Å². The van der Waals surface area contributed by atoms with Crippen LogP contribution < -0.4 is 20.7 Å². The Morgan fingerprint density at radius 3 is 1.85 bits per heavy atom. The van der Waals surface area contributed by atoms with Crippen LogP contribution in [0.25, 0.3) is 22.1 Å². The van der Waals surface area contributed by atoms with Gasteiger partial charge in [0.1, 0.15) is 66.2 Å². The maximum absolute atomic E-state index is 13.9. The SMILES string of the molecule is CC(C)Oc1cc(F)ccc1Nc1ncnc2c1c1c(n2C)CCC(C(=O)NCCCS(C)(=O)=O)C1.Cn1c2c(c3c(Cl)ncnc31)CC(C(=O)NCCCS(C)(=O)=O)CC2. The minimum Gasteiger partial charge on any atom is -0.489 e. The van der Waals surface area contributed by atoms with E-state index in [0.717, 1.165) is 57.4 Å². The van der Waals surface area contributed by atoms with E-state index in [1.54, 1.807) is 6.07 Å². The minimum absolute atomic E-state index is 0.0378. The lowest BCUT2D eigenvalue weighted by Gasteiger charge is -2.23. The second kappa shape index (κ2) is 19.0. The predicted octanol–water partition coefficient (Wildman–Crippen LogP) is 4.57. The van der Waals surface area contributed by atoms with Crippen molar-refractivity contribution in [2.24, 2.45) is 25.9 Å². The van der Waals surface area contributed by atoms with Gasteiger partial charge >= 0.3 is 0 Å². The molecule has 2 atom stereocenters. The summed E-state index contributed by atoms with van der Waals surface area (Å²) in [6, 6.07) is 4.31. The van der Waals surface area contributed by atoms with E-state index in [9.17, 15) is 30.8 Å². The number of nitrogens with zero attached hydrogens (tertiary/aromatic N) is 6. The molecule has 0 fully saturated rings. The summed E-state index contributed by atoms with van der Waals surface area (Å²) in [5.74, 6) is 0.174. The van der Waals surface area contributed by atoms with Gasteiger partial charge in [-0.1, -0.05) is 11.6 Å². The summed E-state index contributed by atoms with van der Waals surface area (Å²) in [5, 5.41) is 11.1. The number of rotatable bonds is 14. The van der Waals surface area contributed by atoms with E-state index in [4.69, 9.17) is 16.3 Å². The van der Waals surface area contributed by atoms with Crippen LogP contribution in [0.3, 0.4) is 0 Å². The monoisotopic (exact) mass is 901 g/mol. The van der Waals surface area contributed by atoms with Crippen LogP contribution in [0.5, 0.6) is 5.75 Å². The average molecular weight is 903 g/mol. The van der Waals surface area contributed by atoms with Gasteiger partial charge in [0.2, 0.25) is 11.8 Å². The van der Waals surface area contributed by atoms with Gasteiger partial charge in [-0.05, 0) is 88.5 Å². The van der Waals surface area contributed by atoms with Crippen molar-refractivity contribution in [3.8, 4) is 5.75 Å². The Bertz CT molecular complexity index is 2670. The molecule has 2 amide bonds. The van der Waals surface area contributed by atoms with Crippen LogP contribution in [0.1, 0.15) is 62.0 Å². The summed E-state index contributed by atoms with van der Waals surface area (Å²) in [6.45, 7) is 4.44. The number of nitrogens with one attached hydrogen (secondary N) is 3. The van der Waals surface area contributed by atoms with Gasteiger partial charge in [-0.3, -0.25) is 9.59 Å². The Hall–Kier alpha value is -4.88. The zero-order valence-electron chi connectivity index (χ0n) is 35.2. The molecule has 4 heterocycles. The molecule has 2 aliphatic carbocycles. The molecule has 330 valence electrons. The molecule has 61 heavy (non-hydrogen) atoms. The number of sulfone groups is 2. The molecule has 4 aromatic heterocycles. The van der Waals surface area contributed by atoms with Crippen LogP contribution in [0, 0.1) is 17.7 Å². The topological polar surface area (TPSA) is 209 Å². The summed E-state index contributed by atoms with van der Waals surface area (Å²) in [4.78, 5) is 42.6. The molecule has 0 saturated heterocycles. The number of carbonyl (C=O) groups excluding carboxylic acids is 2. The van der Waals surface area contributed by atoms with E-state index < -0.39 is 25.5 Å². The highest BCUT2D eigenvalue weighted by Gasteiger charge is 2.32. The van der Waals surface area contributed by atoms with E-state index >= 15 is 0 Å². The number of aryl methyl sites for hydroxylation is 2. The number of carbonyl (C=O) groups is 2. The number of aromatic nitrogens is 6. The molecule has 1 aromatic carbocycles. The molecule has 0 radical (unpaired) electrons. The third kappa shape index (κ3) is 11.1. The highest BCUT2D eigenvalue weighted by Crippen LogP contribution is 2.39. The maximum atomic E-state index is 13.9. The highest BCUT2D eigenvalue weighted by atomic mass is 35.5. The first-order chi connectivity index (χ1) is 28.8. The third-order valence-corrected chi connectivity index (χ3v) is 13.3. The van der Waals surface area contributed by atoms with Crippen molar-refractivity contribution in [1.82, 2.24) is 39.7 Å². The van der Waals surface area contributed by atoms with Gasteiger partial charge < -0.3 is 29.8 Å². The van der Waals surface area contributed by atoms with Gasteiger partial charge in [-0.2, -0.15) is 0 Å². The summed E-state index contributed by atoms with van der Waals surface area (Å²) in [7, 11) is -2.14. The number of ether oxygens (including phenoxy) is 1. The van der Waals surface area contributed by atoms with Gasteiger partial charge in [0.05, 0.1) is 34.1 Å². The Kier molecular flexibility index (Phi) is 14.2. The first kappa shape index (κ1) is 45.6. The fourth-order valence-corrected chi connectivity index (χ4v) is 9.70. The molecule has 5 aromatic rings. The van der Waals surface area contributed by atoms with E-state index in [1.165, 1.54) is 37.3 Å². The van der Waals surface area contributed by atoms with E-state index in [1.807, 2.05) is 37.1 Å². The Morgan fingerprint density at radius 2 is 1.33 bits per heavy atom. The number of hydrogen-bond donors (Lipinski definition) is 3. The van der Waals surface area contributed by atoms with E-state index in [0.29, 0.717) is 74.0 Å². The zero-order valence-corrected chi connectivity index (χ0v) is 37.6. The number of halogens is 2. The highest BCUT2D eigenvalue weighted by molar-refractivity contribution is 7.90. The van der Waals surface area contributed by atoms with Crippen molar-refractivity contribution in [2.75, 3.05) is 42.4 Å². The Balaban J connectivity index is 0.000000218. The lowest BCUT2D eigenvalue weighted by atomic mass is 9.86. The molecule has 7 rings (SSSR count). The quantitative estimate of drug-likeness (QED) is 0.103. The lowest BCUT2D eigenvalue weighted by Crippen LogP contribution is -2.35. The lowest BCUT2D eigenvalue weighted by molar-refractivity contribution is -0.126. The average Bonchev–Trinajstić information content (AvgIpc) is 3.65. The van der Waals surface area contributed by atoms with Gasteiger partial charge in [-0.15, -0.1) is 0 Å². The number of hydrogen-bond acceptors (Lipinski definition) is 12. The van der Waals surface area contributed by atoms with Crippen LogP contribution in [0.15, 0.2) is 30.9 Å². The van der Waals surface area contributed by atoms with Crippen molar-refractivity contribution in [3.63, 3.8) is 0 Å². The molecule has 2 unspecified atom stereocenters. The van der Waals surface area contributed by atoms with Crippen molar-refractivity contribution in [1.29, 1.82) is 0 Å². The Morgan fingerprint density at radius 1 is 0.820 bits per heavy atom. The zero-order chi connectivity index (χ0) is 44.2. The summed E-state index contributed by atoms with van der Waals surface area (Å²) >= 11 is 6.26. The standard InChI is InChI=1S/C25H32FN5O4S.C16H21ClN4O3S/c1-15(2)35-21-13-17(26)7-8-19(21)30-23-22-18-12-16(25(32)27-10-5-11-36(4,33)34)6-9-20(18)31(3)24(22)29-14-28-23;1-21-12-5-4-10(16(22)18-6-3-7-25(2,23)24)8-11(12)13-14(17)19-9-20-15(13)21/h7-8,13-16H,5-6,9-12H2,1-4H3,(H,27,32)(H,28,29,30);9-10H,3-8H2,1-2H3,(H,18,22). The molecule has 0 spiro atoms. The first-order valence-electron chi connectivity index (χ1n) is 20.2. The van der Waals surface area contributed by atoms with Crippen LogP contribution in [-0.2, 0) is 69.0 Å². The van der Waals surface area contributed by atoms with Crippen LogP contribution in [0.4, 0.5) is 15.9 Å². The van der Waals surface area contributed by atoms with Gasteiger partial charge in [-0.25, -0.2) is 41.2 Å². The molecule has 0 saturated carbocycles. The summed E-state index contributed by atoms with van der Waals surface area (Å²) in [6.07, 6.45) is 10.0. The fourth-order valence-electron chi connectivity index (χ4n) is 8.12. The van der Waals surface area contributed by atoms with E-state index in [-0.39, 0.29) is 41.3 Å². The predicted molar refractivity (Wildman–Crippen MR) is 233 cm³/mol. The number of benzene rings is 1.